The van der Waals surface area contributed by atoms with Gasteiger partial charge >= 0.3 is 6.18 Å². The van der Waals surface area contributed by atoms with Gasteiger partial charge in [-0.1, -0.05) is 13.8 Å². The summed E-state index contributed by atoms with van der Waals surface area (Å²) in [5, 5.41) is 7.41. The molecule has 0 saturated heterocycles. The van der Waals surface area contributed by atoms with Crippen LogP contribution in [-0.2, 0) is 6.18 Å². The van der Waals surface area contributed by atoms with Gasteiger partial charge in [0.1, 0.15) is 17.0 Å². The predicted octanol–water partition coefficient (Wildman–Crippen LogP) is 3.83. The van der Waals surface area contributed by atoms with Crippen LogP contribution in [0.15, 0.2) is 30.6 Å². The third-order valence-corrected chi connectivity index (χ3v) is 3.87. The summed E-state index contributed by atoms with van der Waals surface area (Å²) >= 11 is 0. The number of alkyl halides is 3. The van der Waals surface area contributed by atoms with Crippen molar-refractivity contribution in [3.8, 4) is 5.69 Å². The molecule has 0 spiro atoms. The van der Waals surface area contributed by atoms with Crippen LogP contribution in [0.5, 0.6) is 0 Å². The average molecular weight is 346 g/mol. The number of hydrogen-bond donors (Lipinski definition) is 1. The van der Waals surface area contributed by atoms with Crippen molar-refractivity contribution in [1.82, 2.24) is 29.7 Å². The van der Waals surface area contributed by atoms with Crippen LogP contribution in [0.25, 0.3) is 27.9 Å². The smallest absolute Gasteiger partial charge is 0.279 e. The fourth-order valence-electron chi connectivity index (χ4n) is 2.72. The molecular weight excluding hydrogens is 333 g/mol. The number of H-pyrrole nitrogens is 1. The lowest BCUT2D eigenvalue weighted by atomic mass is 10.2. The number of imidazole rings is 1. The number of fused-ring (bicyclic) bond motifs is 2. The molecule has 9 heteroatoms. The molecule has 4 aromatic heterocycles. The number of aromatic amines is 1. The summed E-state index contributed by atoms with van der Waals surface area (Å²) in [5.41, 5.74) is 0.802. The van der Waals surface area contributed by atoms with E-state index in [1.165, 1.54) is 6.07 Å². The van der Waals surface area contributed by atoms with Crippen molar-refractivity contribution in [2.75, 3.05) is 0 Å². The summed E-state index contributed by atoms with van der Waals surface area (Å²) in [5.74, 6) is 0.607. The van der Waals surface area contributed by atoms with E-state index < -0.39 is 11.9 Å². The van der Waals surface area contributed by atoms with Crippen molar-refractivity contribution in [3.05, 3.63) is 42.1 Å². The number of aromatic nitrogens is 6. The van der Waals surface area contributed by atoms with Crippen molar-refractivity contribution in [2.24, 2.45) is 0 Å². The maximum atomic E-state index is 13.1. The largest absolute Gasteiger partial charge is 0.433 e. The minimum absolute atomic E-state index is 0.0106. The molecule has 4 heterocycles. The van der Waals surface area contributed by atoms with Gasteiger partial charge in [0.15, 0.2) is 11.3 Å². The SMILES string of the molecule is CC(C)c1nc2ccc(C(F)(F)F)nc2n1-c1cnc2[nH]ncc2c1. The Morgan fingerprint density at radius 1 is 1.12 bits per heavy atom. The van der Waals surface area contributed by atoms with Gasteiger partial charge in [-0.15, -0.1) is 0 Å². The zero-order chi connectivity index (χ0) is 17.8. The third-order valence-electron chi connectivity index (χ3n) is 3.87. The zero-order valence-electron chi connectivity index (χ0n) is 13.3. The van der Waals surface area contributed by atoms with E-state index in [1.54, 1.807) is 23.0 Å². The van der Waals surface area contributed by atoms with Crippen LogP contribution >= 0.6 is 0 Å². The third kappa shape index (κ3) is 2.51. The van der Waals surface area contributed by atoms with E-state index in [9.17, 15) is 13.2 Å². The van der Waals surface area contributed by atoms with Crippen molar-refractivity contribution in [2.45, 2.75) is 25.9 Å². The van der Waals surface area contributed by atoms with E-state index in [0.717, 1.165) is 11.5 Å². The summed E-state index contributed by atoms with van der Waals surface area (Å²) in [7, 11) is 0. The number of nitrogens with zero attached hydrogens (tertiary/aromatic N) is 5. The molecule has 1 N–H and O–H groups in total. The highest BCUT2D eigenvalue weighted by atomic mass is 19.4. The molecule has 0 saturated carbocycles. The van der Waals surface area contributed by atoms with Crippen LogP contribution in [0.3, 0.4) is 0 Å². The van der Waals surface area contributed by atoms with Gasteiger partial charge < -0.3 is 0 Å². The minimum Gasteiger partial charge on any atom is -0.279 e. The van der Waals surface area contributed by atoms with Gasteiger partial charge in [0.25, 0.3) is 0 Å². The predicted molar refractivity (Wildman–Crippen MR) is 85.4 cm³/mol. The fraction of sp³-hybridized carbons (Fsp3) is 0.250. The molecule has 0 aliphatic rings. The van der Waals surface area contributed by atoms with Crippen LogP contribution in [0, 0.1) is 0 Å². The van der Waals surface area contributed by atoms with E-state index in [4.69, 9.17) is 0 Å². The van der Waals surface area contributed by atoms with Crippen molar-refractivity contribution >= 4 is 22.2 Å². The monoisotopic (exact) mass is 346 g/mol. The summed E-state index contributed by atoms with van der Waals surface area (Å²) in [6.45, 7) is 3.85. The van der Waals surface area contributed by atoms with E-state index >= 15 is 0 Å². The molecule has 128 valence electrons. The molecule has 4 aromatic rings. The first kappa shape index (κ1) is 15.6. The van der Waals surface area contributed by atoms with E-state index in [1.807, 2.05) is 13.8 Å². The molecule has 6 nitrogen and oxygen atoms in total. The maximum absolute atomic E-state index is 13.1. The second-order valence-corrected chi connectivity index (χ2v) is 6.00. The Morgan fingerprint density at radius 2 is 1.92 bits per heavy atom. The molecule has 0 radical (unpaired) electrons. The quantitative estimate of drug-likeness (QED) is 0.599. The average Bonchev–Trinajstić information content (AvgIpc) is 3.16. The lowest BCUT2D eigenvalue weighted by Crippen LogP contribution is -2.09. The first-order valence-electron chi connectivity index (χ1n) is 7.60. The van der Waals surface area contributed by atoms with Crippen molar-refractivity contribution < 1.29 is 13.2 Å². The molecule has 0 bridgehead atoms. The second-order valence-electron chi connectivity index (χ2n) is 6.00. The minimum atomic E-state index is -4.52. The highest BCUT2D eigenvalue weighted by molar-refractivity contribution is 5.79. The van der Waals surface area contributed by atoms with Crippen molar-refractivity contribution in [3.63, 3.8) is 0 Å². The van der Waals surface area contributed by atoms with Crippen LogP contribution in [0.4, 0.5) is 13.2 Å². The zero-order valence-corrected chi connectivity index (χ0v) is 13.3. The molecule has 4 rings (SSSR count). The Hall–Kier alpha value is -2.97. The molecule has 0 aliphatic carbocycles. The molecule has 0 aromatic carbocycles. The van der Waals surface area contributed by atoms with Gasteiger partial charge in [-0.25, -0.2) is 15.0 Å². The molecule has 0 fully saturated rings. The van der Waals surface area contributed by atoms with Gasteiger partial charge in [0.05, 0.1) is 18.1 Å². The molecule has 0 amide bonds. The van der Waals surface area contributed by atoms with E-state index in [2.05, 4.69) is 25.1 Å². The lowest BCUT2D eigenvalue weighted by Gasteiger charge is -2.11. The van der Waals surface area contributed by atoms with Crippen molar-refractivity contribution in [1.29, 1.82) is 0 Å². The molecule has 0 atom stereocenters. The van der Waals surface area contributed by atoms with Gasteiger partial charge in [0, 0.05) is 11.3 Å². The number of halogens is 3. The molecule has 0 unspecified atom stereocenters. The second kappa shape index (κ2) is 5.27. The number of nitrogens with one attached hydrogen (secondary N) is 1. The van der Waals surface area contributed by atoms with Crippen LogP contribution < -0.4 is 0 Å². The van der Waals surface area contributed by atoms with Crippen LogP contribution in [0.2, 0.25) is 0 Å². The number of hydrogen-bond acceptors (Lipinski definition) is 4. The molecule has 0 aliphatic heterocycles. The first-order chi connectivity index (χ1) is 11.8. The Morgan fingerprint density at radius 3 is 2.64 bits per heavy atom. The van der Waals surface area contributed by atoms with E-state index in [0.29, 0.717) is 22.7 Å². The van der Waals surface area contributed by atoms with Gasteiger partial charge in [-0.2, -0.15) is 18.3 Å². The molecule has 25 heavy (non-hydrogen) atoms. The maximum Gasteiger partial charge on any atom is 0.433 e. The first-order valence-corrected chi connectivity index (χ1v) is 7.60. The van der Waals surface area contributed by atoms with Gasteiger partial charge in [-0.05, 0) is 18.2 Å². The lowest BCUT2D eigenvalue weighted by molar-refractivity contribution is -0.141. The Balaban J connectivity index is 2.03. The number of rotatable bonds is 2. The summed E-state index contributed by atoms with van der Waals surface area (Å²) in [6, 6.07) is 4.08. The standard InChI is InChI=1S/C16H13F3N6/c1-8(2)14-22-11-3-4-12(16(17,18)19)23-15(11)25(14)10-5-9-6-21-24-13(9)20-7-10/h3-8H,1-2H3,(H,20,21,24). The summed E-state index contributed by atoms with van der Waals surface area (Å²) in [4.78, 5) is 12.5. The normalized spacial score (nSPS) is 12.6. The number of pyridine rings is 2. The Kier molecular flexibility index (Phi) is 3.28. The van der Waals surface area contributed by atoms with Gasteiger partial charge in [0.2, 0.25) is 0 Å². The highest BCUT2D eigenvalue weighted by Crippen LogP contribution is 2.31. The Bertz CT molecular complexity index is 1080. The van der Waals surface area contributed by atoms with Crippen LogP contribution in [-0.4, -0.2) is 29.7 Å². The van der Waals surface area contributed by atoms with Gasteiger partial charge in [-0.3, -0.25) is 9.67 Å². The Labute approximate surface area is 139 Å². The van der Waals surface area contributed by atoms with E-state index in [-0.39, 0.29) is 11.6 Å². The fourth-order valence-corrected chi connectivity index (χ4v) is 2.72. The topological polar surface area (TPSA) is 72.3 Å². The summed E-state index contributed by atoms with van der Waals surface area (Å²) in [6.07, 6.45) is -1.35. The highest BCUT2D eigenvalue weighted by Gasteiger charge is 2.33. The summed E-state index contributed by atoms with van der Waals surface area (Å²) < 4.78 is 40.8. The van der Waals surface area contributed by atoms with Crippen LogP contribution in [0.1, 0.15) is 31.3 Å². The molecular formula is C16H13F3N6.